The SMILES string of the molecule is CCc1[c-]cccn1.[Rb+]. The molecule has 1 aromatic rings. The van der Waals surface area contributed by atoms with E-state index in [-0.39, 0.29) is 58.2 Å². The van der Waals surface area contributed by atoms with E-state index in [1.807, 2.05) is 12.1 Å². The van der Waals surface area contributed by atoms with Crippen molar-refractivity contribution in [1.29, 1.82) is 0 Å². The summed E-state index contributed by atoms with van der Waals surface area (Å²) in [5.74, 6) is 0. The molecular weight excluding hydrogens is 184 g/mol. The van der Waals surface area contributed by atoms with Crippen LogP contribution in [0.25, 0.3) is 0 Å². The minimum absolute atomic E-state index is 0. The Hall–Kier alpha value is 0.955. The van der Waals surface area contributed by atoms with Crippen LogP contribution < -0.4 is 58.2 Å². The number of aromatic nitrogens is 1. The molecule has 0 N–H and O–H groups in total. The number of hydrogen-bond acceptors (Lipinski definition) is 1. The number of nitrogens with zero attached hydrogens (tertiary/aromatic N) is 1. The first kappa shape index (κ1) is 9.96. The quantitative estimate of drug-likeness (QED) is 0.490. The van der Waals surface area contributed by atoms with E-state index in [0.29, 0.717) is 0 Å². The van der Waals surface area contributed by atoms with Crippen molar-refractivity contribution >= 4 is 0 Å². The van der Waals surface area contributed by atoms with Crippen molar-refractivity contribution in [3.8, 4) is 0 Å². The van der Waals surface area contributed by atoms with Crippen LogP contribution in [0.5, 0.6) is 0 Å². The zero-order valence-electron chi connectivity index (χ0n) is 5.89. The van der Waals surface area contributed by atoms with Crippen molar-refractivity contribution < 1.29 is 58.2 Å². The average molecular weight is 192 g/mol. The summed E-state index contributed by atoms with van der Waals surface area (Å²) in [5.41, 5.74) is 1.03. The molecular formula is C7H8NRb. The fourth-order valence-corrected chi connectivity index (χ4v) is 0.551. The molecule has 0 unspecified atom stereocenters. The number of pyridine rings is 1. The number of rotatable bonds is 1. The van der Waals surface area contributed by atoms with Crippen LogP contribution in [0.1, 0.15) is 12.6 Å². The van der Waals surface area contributed by atoms with E-state index < -0.39 is 0 Å². The van der Waals surface area contributed by atoms with Gasteiger partial charge in [-0.15, -0.1) is 0 Å². The van der Waals surface area contributed by atoms with Gasteiger partial charge in [0.1, 0.15) is 0 Å². The summed E-state index contributed by atoms with van der Waals surface area (Å²) in [4.78, 5) is 4.04. The van der Waals surface area contributed by atoms with E-state index in [1.54, 1.807) is 6.20 Å². The molecule has 0 aliphatic rings. The van der Waals surface area contributed by atoms with Crippen molar-refractivity contribution in [3.63, 3.8) is 0 Å². The van der Waals surface area contributed by atoms with E-state index in [1.165, 1.54) is 0 Å². The van der Waals surface area contributed by atoms with E-state index in [2.05, 4.69) is 18.0 Å². The van der Waals surface area contributed by atoms with Gasteiger partial charge >= 0.3 is 58.2 Å². The molecule has 0 aliphatic carbocycles. The van der Waals surface area contributed by atoms with Gasteiger partial charge in [-0.2, -0.15) is 6.07 Å². The van der Waals surface area contributed by atoms with Gasteiger partial charge in [-0.25, -0.2) is 12.1 Å². The third-order valence-corrected chi connectivity index (χ3v) is 0.997. The van der Waals surface area contributed by atoms with Crippen LogP contribution in [0.3, 0.4) is 0 Å². The van der Waals surface area contributed by atoms with Gasteiger partial charge in [0.2, 0.25) is 0 Å². The predicted octanol–water partition coefficient (Wildman–Crippen LogP) is -1.55. The third-order valence-electron chi connectivity index (χ3n) is 0.997. The van der Waals surface area contributed by atoms with Gasteiger partial charge in [0.05, 0.1) is 0 Å². The zero-order chi connectivity index (χ0) is 5.82. The van der Waals surface area contributed by atoms with Gasteiger partial charge in [-0.3, -0.25) is 0 Å². The second kappa shape index (κ2) is 5.72. The summed E-state index contributed by atoms with van der Waals surface area (Å²) < 4.78 is 0. The molecule has 0 aromatic carbocycles. The Balaban J connectivity index is 0.000000640. The van der Waals surface area contributed by atoms with Crippen LogP contribution in [-0.4, -0.2) is 4.98 Å². The first-order chi connectivity index (χ1) is 3.93. The summed E-state index contributed by atoms with van der Waals surface area (Å²) >= 11 is 0. The molecule has 0 atom stereocenters. The maximum Gasteiger partial charge on any atom is 1.00 e. The standard InChI is InChI=1S/C7H8N.Rb/c1-2-7-5-3-4-6-8-7;/h3-4,6H,2H2,1H3;/q-1;+1. The van der Waals surface area contributed by atoms with Crippen molar-refractivity contribution in [1.82, 2.24) is 4.98 Å². The van der Waals surface area contributed by atoms with Crippen molar-refractivity contribution in [3.05, 3.63) is 30.1 Å². The Labute approximate surface area is 105 Å². The van der Waals surface area contributed by atoms with E-state index in [9.17, 15) is 0 Å². The molecule has 1 aromatic heterocycles. The van der Waals surface area contributed by atoms with E-state index >= 15 is 0 Å². The number of hydrogen-bond donors (Lipinski definition) is 0. The molecule has 0 saturated carbocycles. The van der Waals surface area contributed by atoms with Crippen molar-refractivity contribution in [2.24, 2.45) is 0 Å². The van der Waals surface area contributed by atoms with Gasteiger partial charge in [-0.05, 0) is 6.42 Å². The topological polar surface area (TPSA) is 12.9 Å². The molecule has 2 heteroatoms. The molecule has 1 heterocycles. The fourth-order valence-electron chi connectivity index (χ4n) is 0.551. The smallest absolute Gasteiger partial charge is 0.301 e. The summed E-state index contributed by atoms with van der Waals surface area (Å²) in [7, 11) is 0. The maximum absolute atomic E-state index is 4.04. The van der Waals surface area contributed by atoms with Crippen molar-refractivity contribution in [2.45, 2.75) is 13.3 Å². The van der Waals surface area contributed by atoms with Crippen LogP contribution in [0.15, 0.2) is 18.3 Å². The van der Waals surface area contributed by atoms with Gasteiger partial charge < -0.3 is 4.98 Å². The van der Waals surface area contributed by atoms with Gasteiger partial charge in [0, 0.05) is 0 Å². The predicted molar refractivity (Wildman–Crippen MR) is 32.5 cm³/mol. The first-order valence-electron chi connectivity index (χ1n) is 2.75. The molecule has 0 radical (unpaired) electrons. The molecule has 0 saturated heterocycles. The summed E-state index contributed by atoms with van der Waals surface area (Å²) in [6.07, 6.45) is 2.76. The van der Waals surface area contributed by atoms with E-state index in [0.717, 1.165) is 12.1 Å². The molecule has 42 valence electrons. The molecule has 1 nitrogen and oxygen atoms in total. The molecule has 0 spiro atoms. The van der Waals surface area contributed by atoms with Crippen molar-refractivity contribution in [2.75, 3.05) is 0 Å². The summed E-state index contributed by atoms with van der Waals surface area (Å²) in [6.45, 7) is 2.07. The van der Waals surface area contributed by atoms with Crippen LogP contribution >= 0.6 is 0 Å². The molecule has 0 aliphatic heterocycles. The first-order valence-corrected chi connectivity index (χ1v) is 2.75. The average Bonchev–Trinajstić information content (AvgIpc) is 1.90. The largest absolute Gasteiger partial charge is 1.00 e. The monoisotopic (exact) mass is 191 g/mol. The zero-order valence-corrected chi connectivity index (χ0v) is 10.8. The van der Waals surface area contributed by atoms with Crippen LogP contribution in [0.2, 0.25) is 0 Å². The Morgan fingerprint density at radius 2 is 2.44 bits per heavy atom. The maximum atomic E-state index is 4.04. The Morgan fingerprint density at radius 1 is 1.67 bits per heavy atom. The van der Waals surface area contributed by atoms with Crippen LogP contribution in [-0.2, 0) is 6.42 Å². The third kappa shape index (κ3) is 3.61. The molecule has 0 bridgehead atoms. The minimum Gasteiger partial charge on any atom is -0.301 e. The Kier molecular flexibility index (Phi) is 6.33. The fraction of sp³-hybridized carbons (Fsp3) is 0.286. The molecule has 0 amide bonds. The van der Waals surface area contributed by atoms with Gasteiger partial charge in [0.15, 0.2) is 0 Å². The molecule has 9 heavy (non-hydrogen) atoms. The van der Waals surface area contributed by atoms with Crippen LogP contribution in [0, 0.1) is 6.07 Å². The Morgan fingerprint density at radius 3 is 2.78 bits per heavy atom. The number of aryl methyl sites for hydroxylation is 1. The normalized spacial score (nSPS) is 8.11. The van der Waals surface area contributed by atoms with E-state index in [4.69, 9.17) is 0 Å². The second-order valence-electron chi connectivity index (χ2n) is 1.58. The molecule has 0 fully saturated rings. The summed E-state index contributed by atoms with van der Waals surface area (Å²) in [5, 5.41) is 0. The summed E-state index contributed by atoms with van der Waals surface area (Å²) in [6, 6.07) is 6.76. The molecule has 1 rings (SSSR count). The van der Waals surface area contributed by atoms with Gasteiger partial charge in [-0.1, -0.05) is 18.8 Å². The minimum atomic E-state index is 0. The second-order valence-corrected chi connectivity index (χ2v) is 1.58. The van der Waals surface area contributed by atoms with Crippen LogP contribution in [0.4, 0.5) is 0 Å². The Bertz CT molecular complexity index is 150. The van der Waals surface area contributed by atoms with Gasteiger partial charge in [0.25, 0.3) is 0 Å².